The first-order chi connectivity index (χ1) is 9.72. The van der Waals surface area contributed by atoms with Crippen molar-refractivity contribution in [1.29, 1.82) is 0 Å². The molecule has 3 aromatic rings. The molecule has 0 saturated carbocycles. The number of fused-ring (bicyclic) bond motifs is 1. The summed E-state index contributed by atoms with van der Waals surface area (Å²) in [4.78, 5) is 22.3. The van der Waals surface area contributed by atoms with Crippen molar-refractivity contribution in [3.63, 3.8) is 0 Å². The van der Waals surface area contributed by atoms with Crippen LogP contribution in [0.1, 0.15) is 16.3 Å². The fraction of sp³-hybridized carbons (Fsp3) is 0.143. The van der Waals surface area contributed by atoms with Gasteiger partial charge in [0.1, 0.15) is 11.5 Å². The molecule has 5 nitrogen and oxygen atoms in total. The first kappa shape index (κ1) is 12.7. The molecular weight excluding hydrogens is 276 g/mol. The fourth-order valence-electron chi connectivity index (χ4n) is 2.01. The van der Waals surface area contributed by atoms with Gasteiger partial charge in [0.25, 0.3) is 5.91 Å². The molecule has 1 amide bonds. The van der Waals surface area contributed by atoms with Gasteiger partial charge in [0.2, 0.25) is 0 Å². The number of imidazole rings is 1. The van der Waals surface area contributed by atoms with E-state index in [2.05, 4.69) is 20.3 Å². The highest BCUT2D eigenvalue weighted by molar-refractivity contribution is 6.30. The number of nitrogens with one attached hydrogen (secondary N) is 3. The summed E-state index contributed by atoms with van der Waals surface area (Å²) in [5, 5.41) is 3.34. The van der Waals surface area contributed by atoms with Gasteiger partial charge in [-0.05, 0) is 18.2 Å². The van der Waals surface area contributed by atoms with E-state index in [0.29, 0.717) is 23.7 Å². The normalized spacial score (nSPS) is 10.8. The van der Waals surface area contributed by atoms with E-state index < -0.39 is 0 Å². The molecule has 0 fully saturated rings. The molecular formula is C14H13ClN4O. The zero-order chi connectivity index (χ0) is 13.9. The first-order valence-corrected chi connectivity index (χ1v) is 6.66. The third-order valence-corrected chi connectivity index (χ3v) is 3.20. The van der Waals surface area contributed by atoms with Crippen LogP contribution in [0.15, 0.2) is 36.5 Å². The summed E-state index contributed by atoms with van der Waals surface area (Å²) in [6, 6.07) is 9.43. The lowest BCUT2D eigenvalue weighted by atomic mass is 10.3. The summed E-state index contributed by atoms with van der Waals surface area (Å²) in [5.74, 6) is 0.684. The van der Waals surface area contributed by atoms with Crippen LogP contribution in [0.4, 0.5) is 0 Å². The number of halogens is 1. The number of hydrogen-bond donors (Lipinski definition) is 3. The Bertz CT molecular complexity index is 713. The summed E-state index contributed by atoms with van der Waals surface area (Å²) in [6.07, 6.45) is 2.23. The fourth-order valence-corrected chi connectivity index (χ4v) is 2.18. The summed E-state index contributed by atoms with van der Waals surface area (Å²) < 4.78 is 0. The number of aromatic nitrogens is 3. The van der Waals surface area contributed by atoms with Crippen LogP contribution in [-0.2, 0) is 6.42 Å². The van der Waals surface area contributed by atoms with Crippen LogP contribution in [0.2, 0.25) is 5.02 Å². The van der Waals surface area contributed by atoms with E-state index in [4.69, 9.17) is 11.6 Å². The van der Waals surface area contributed by atoms with Crippen molar-refractivity contribution in [2.24, 2.45) is 0 Å². The van der Waals surface area contributed by atoms with E-state index in [-0.39, 0.29) is 5.91 Å². The Labute approximate surface area is 120 Å². The van der Waals surface area contributed by atoms with Gasteiger partial charge >= 0.3 is 0 Å². The Morgan fingerprint density at radius 2 is 2.20 bits per heavy atom. The number of para-hydroxylation sites is 2. The number of nitrogens with zero attached hydrogens (tertiary/aromatic N) is 1. The summed E-state index contributed by atoms with van der Waals surface area (Å²) in [5.41, 5.74) is 2.40. The number of aromatic amines is 2. The average Bonchev–Trinajstić information content (AvgIpc) is 3.04. The van der Waals surface area contributed by atoms with E-state index >= 15 is 0 Å². The highest BCUT2D eigenvalue weighted by atomic mass is 35.5. The number of hydrogen-bond acceptors (Lipinski definition) is 2. The molecule has 6 heteroatoms. The molecule has 20 heavy (non-hydrogen) atoms. The molecule has 0 spiro atoms. The van der Waals surface area contributed by atoms with E-state index in [1.165, 1.54) is 0 Å². The molecule has 0 radical (unpaired) electrons. The lowest BCUT2D eigenvalue weighted by Gasteiger charge is -2.01. The largest absolute Gasteiger partial charge is 0.356 e. The third-order valence-electron chi connectivity index (χ3n) is 2.98. The molecule has 3 N–H and O–H groups in total. The van der Waals surface area contributed by atoms with Crippen LogP contribution in [0.25, 0.3) is 11.0 Å². The van der Waals surface area contributed by atoms with Crippen LogP contribution >= 0.6 is 11.6 Å². The van der Waals surface area contributed by atoms with Gasteiger partial charge in [0.15, 0.2) is 0 Å². The molecule has 0 atom stereocenters. The molecule has 102 valence electrons. The summed E-state index contributed by atoms with van der Waals surface area (Å²) in [7, 11) is 0. The third kappa shape index (κ3) is 2.67. The first-order valence-electron chi connectivity index (χ1n) is 6.28. The molecule has 0 bridgehead atoms. The molecule has 0 unspecified atom stereocenters. The molecule has 0 aliphatic rings. The van der Waals surface area contributed by atoms with Gasteiger partial charge in [0, 0.05) is 19.2 Å². The molecule has 0 aliphatic heterocycles. The number of H-pyrrole nitrogens is 2. The van der Waals surface area contributed by atoms with E-state index in [1.807, 2.05) is 24.3 Å². The monoisotopic (exact) mass is 288 g/mol. The molecule has 0 saturated heterocycles. The standard InChI is InChI=1S/C14H13ClN4O/c15-9-7-12(17-8-9)14(20)16-6-5-13-18-10-3-1-2-4-11(10)19-13/h1-4,7-8,17H,5-6H2,(H,16,20)(H,18,19). The predicted molar refractivity (Wildman–Crippen MR) is 77.9 cm³/mol. The topological polar surface area (TPSA) is 73.6 Å². The summed E-state index contributed by atoms with van der Waals surface area (Å²) >= 11 is 5.75. The smallest absolute Gasteiger partial charge is 0.267 e. The van der Waals surface area contributed by atoms with Gasteiger partial charge in [-0.25, -0.2) is 4.98 Å². The molecule has 2 aromatic heterocycles. The maximum Gasteiger partial charge on any atom is 0.267 e. The number of carbonyl (C=O) groups is 1. The molecule has 1 aromatic carbocycles. The molecule has 3 rings (SSSR count). The number of amides is 1. The van der Waals surface area contributed by atoms with Crippen LogP contribution < -0.4 is 5.32 Å². The van der Waals surface area contributed by atoms with Crippen LogP contribution in [0.5, 0.6) is 0 Å². The maximum absolute atomic E-state index is 11.8. The van der Waals surface area contributed by atoms with Gasteiger partial charge in [-0.2, -0.15) is 0 Å². The van der Waals surface area contributed by atoms with E-state index in [0.717, 1.165) is 16.9 Å². The number of carbonyl (C=O) groups excluding carboxylic acids is 1. The SMILES string of the molecule is O=C(NCCc1nc2ccccc2[nH]1)c1cc(Cl)c[nH]1. The number of rotatable bonds is 4. The van der Waals surface area contributed by atoms with Crippen molar-refractivity contribution in [3.8, 4) is 0 Å². The Kier molecular flexibility index (Phi) is 3.43. The van der Waals surface area contributed by atoms with Gasteiger partial charge in [-0.3, -0.25) is 4.79 Å². The van der Waals surface area contributed by atoms with Gasteiger partial charge < -0.3 is 15.3 Å². The van der Waals surface area contributed by atoms with E-state index in [9.17, 15) is 4.79 Å². The quantitative estimate of drug-likeness (QED) is 0.690. The zero-order valence-corrected chi connectivity index (χ0v) is 11.4. The zero-order valence-electron chi connectivity index (χ0n) is 10.6. The van der Waals surface area contributed by atoms with Crippen LogP contribution in [-0.4, -0.2) is 27.4 Å². The minimum Gasteiger partial charge on any atom is -0.356 e. The Morgan fingerprint density at radius 1 is 1.35 bits per heavy atom. The summed E-state index contributed by atoms with van der Waals surface area (Å²) in [6.45, 7) is 0.509. The van der Waals surface area contributed by atoms with Crippen molar-refractivity contribution in [2.75, 3.05) is 6.54 Å². The second-order valence-corrected chi connectivity index (χ2v) is 4.87. The van der Waals surface area contributed by atoms with Crippen LogP contribution in [0.3, 0.4) is 0 Å². The second kappa shape index (κ2) is 5.38. The minimum atomic E-state index is -0.173. The van der Waals surface area contributed by atoms with Crippen molar-refractivity contribution < 1.29 is 4.79 Å². The Hall–Kier alpha value is -2.27. The Balaban J connectivity index is 1.58. The van der Waals surface area contributed by atoms with Gasteiger partial charge in [-0.1, -0.05) is 23.7 Å². The maximum atomic E-state index is 11.8. The van der Waals surface area contributed by atoms with Crippen molar-refractivity contribution in [1.82, 2.24) is 20.3 Å². The van der Waals surface area contributed by atoms with Gasteiger partial charge in [0.05, 0.1) is 16.1 Å². The van der Waals surface area contributed by atoms with Crippen molar-refractivity contribution >= 4 is 28.5 Å². The highest BCUT2D eigenvalue weighted by Crippen LogP contribution is 2.11. The lowest BCUT2D eigenvalue weighted by Crippen LogP contribution is -2.26. The van der Waals surface area contributed by atoms with Gasteiger partial charge in [-0.15, -0.1) is 0 Å². The van der Waals surface area contributed by atoms with Crippen molar-refractivity contribution in [3.05, 3.63) is 53.1 Å². The highest BCUT2D eigenvalue weighted by Gasteiger charge is 2.08. The number of benzene rings is 1. The molecule has 0 aliphatic carbocycles. The Morgan fingerprint density at radius 3 is 2.95 bits per heavy atom. The van der Waals surface area contributed by atoms with Crippen LogP contribution in [0, 0.1) is 0 Å². The van der Waals surface area contributed by atoms with E-state index in [1.54, 1.807) is 12.3 Å². The second-order valence-electron chi connectivity index (χ2n) is 4.44. The van der Waals surface area contributed by atoms with Crippen molar-refractivity contribution in [2.45, 2.75) is 6.42 Å². The predicted octanol–water partition coefficient (Wildman–Crippen LogP) is 2.52. The average molecular weight is 289 g/mol. The minimum absolute atomic E-state index is 0.173. The lowest BCUT2D eigenvalue weighted by molar-refractivity contribution is 0.0949. The molecule has 2 heterocycles.